The highest BCUT2D eigenvalue weighted by atomic mass is 16.5. The van der Waals surface area contributed by atoms with Crippen molar-refractivity contribution in [1.29, 1.82) is 0 Å². The van der Waals surface area contributed by atoms with Crippen molar-refractivity contribution in [2.45, 2.75) is 27.2 Å². The number of nitrogens with one attached hydrogen (secondary N) is 2. The van der Waals surface area contributed by atoms with Crippen LogP contribution in [0.15, 0.2) is 35.3 Å². The van der Waals surface area contributed by atoms with E-state index in [9.17, 15) is 0 Å². The fourth-order valence-corrected chi connectivity index (χ4v) is 1.88. The minimum absolute atomic E-state index is 0.595. The molecule has 0 saturated carbocycles. The normalized spacial score (nSPS) is 11.5. The Hall–Kier alpha value is -2.17. The molecular weight excluding hydrogens is 278 g/mol. The average Bonchev–Trinajstić information content (AvgIpc) is 2.52. The smallest absolute Gasteiger partial charge is 0.195 e. The van der Waals surface area contributed by atoms with Crippen molar-refractivity contribution in [2.75, 3.05) is 32.1 Å². The summed E-state index contributed by atoms with van der Waals surface area (Å²) in [6.07, 6.45) is 5.07. The first-order chi connectivity index (χ1) is 10.7. The molecule has 0 heterocycles. The Labute approximate surface area is 133 Å². The number of allylic oxidation sites excluding steroid dienone is 1. The zero-order valence-electron chi connectivity index (χ0n) is 14.0. The second-order valence-corrected chi connectivity index (χ2v) is 4.54. The number of nitrogens with zero attached hydrogens (tertiary/aromatic N) is 1. The topological polar surface area (TPSA) is 54.9 Å². The van der Waals surface area contributed by atoms with Crippen molar-refractivity contribution in [1.82, 2.24) is 5.32 Å². The van der Waals surface area contributed by atoms with Crippen LogP contribution < -0.4 is 20.1 Å². The van der Waals surface area contributed by atoms with Gasteiger partial charge in [0.1, 0.15) is 0 Å². The van der Waals surface area contributed by atoms with E-state index in [-0.39, 0.29) is 0 Å². The molecule has 0 bridgehead atoms. The number of hydrogen-bond donors (Lipinski definition) is 2. The van der Waals surface area contributed by atoms with Crippen LogP contribution >= 0.6 is 0 Å². The van der Waals surface area contributed by atoms with Gasteiger partial charge in [0.25, 0.3) is 0 Å². The molecule has 0 unspecified atom stereocenters. The van der Waals surface area contributed by atoms with Crippen molar-refractivity contribution in [2.24, 2.45) is 4.99 Å². The molecule has 0 aliphatic rings. The van der Waals surface area contributed by atoms with Crippen molar-refractivity contribution < 1.29 is 9.47 Å². The quantitative estimate of drug-likeness (QED) is 0.334. The van der Waals surface area contributed by atoms with Gasteiger partial charge in [-0.3, -0.25) is 4.99 Å². The molecule has 1 aromatic rings. The summed E-state index contributed by atoms with van der Waals surface area (Å²) in [5.74, 6) is 2.21. The van der Waals surface area contributed by atoms with Gasteiger partial charge >= 0.3 is 0 Å². The van der Waals surface area contributed by atoms with E-state index >= 15 is 0 Å². The van der Waals surface area contributed by atoms with E-state index in [4.69, 9.17) is 9.47 Å². The van der Waals surface area contributed by atoms with Crippen LogP contribution in [0.5, 0.6) is 11.5 Å². The third-order valence-corrected chi connectivity index (χ3v) is 2.87. The number of guanidine groups is 1. The number of benzene rings is 1. The Balaban J connectivity index is 2.81. The molecule has 0 atom stereocenters. The third-order valence-electron chi connectivity index (χ3n) is 2.87. The average molecular weight is 305 g/mol. The van der Waals surface area contributed by atoms with Gasteiger partial charge in [-0.25, -0.2) is 0 Å². The van der Waals surface area contributed by atoms with Crippen LogP contribution in [0.2, 0.25) is 0 Å². The molecule has 1 aromatic carbocycles. The van der Waals surface area contributed by atoms with Crippen LogP contribution in [0.1, 0.15) is 27.2 Å². The SMILES string of the molecule is C/C=C/CCN=C(NCC)Nc1ccc(OC)c(OCC)c1. The van der Waals surface area contributed by atoms with Gasteiger partial charge in [0, 0.05) is 24.8 Å². The molecule has 0 aromatic heterocycles. The standard InChI is InChI=1S/C17H27N3O2/c1-5-8-9-12-19-17(18-6-2)20-14-10-11-15(21-4)16(13-14)22-7-3/h5,8,10-11,13H,6-7,9,12H2,1-4H3,(H2,18,19,20)/b8-5+. The van der Waals surface area contributed by atoms with Crippen LogP contribution in [0.25, 0.3) is 0 Å². The summed E-state index contributed by atoms with van der Waals surface area (Å²) in [5, 5.41) is 6.52. The predicted molar refractivity (Wildman–Crippen MR) is 93.2 cm³/mol. The van der Waals surface area contributed by atoms with Gasteiger partial charge in [0.2, 0.25) is 0 Å². The minimum atomic E-state index is 0.595. The van der Waals surface area contributed by atoms with E-state index in [1.165, 1.54) is 0 Å². The highest BCUT2D eigenvalue weighted by Gasteiger charge is 2.06. The Morgan fingerprint density at radius 3 is 2.73 bits per heavy atom. The first kappa shape index (κ1) is 17.9. The zero-order chi connectivity index (χ0) is 16.2. The fraction of sp³-hybridized carbons (Fsp3) is 0.471. The first-order valence-electron chi connectivity index (χ1n) is 7.72. The Morgan fingerprint density at radius 2 is 2.09 bits per heavy atom. The van der Waals surface area contributed by atoms with Crippen LogP contribution in [0, 0.1) is 0 Å². The summed E-state index contributed by atoms with van der Waals surface area (Å²) in [6, 6.07) is 5.75. The van der Waals surface area contributed by atoms with Gasteiger partial charge in [-0.1, -0.05) is 12.2 Å². The van der Waals surface area contributed by atoms with Gasteiger partial charge in [0.15, 0.2) is 17.5 Å². The number of hydrogen-bond acceptors (Lipinski definition) is 3. The maximum Gasteiger partial charge on any atom is 0.195 e. The van der Waals surface area contributed by atoms with Crippen LogP contribution in [0.3, 0.4) is 0 Å². The van der Waals surface area contributed by atoms with Crippen LogP contribution in [-0.4, -0.2) is 32.8 Å². The van der Waals surface area contributed by atoms with Gasteiger partial charge < -0.3 is 20.1 Å². The summed E-state index contributed by atoms with van der Waals surface area (Å²) in [4.78, 5) is 4.54. The Bertz CT molecular complexity index is 499. The molecule has 22 heavy (non-hydrogen) atoms. The second kappa shape index (κ2) is 10.5. The van der Waals surface area contributed by atoms with E-state index in [0.717, 1.165) is 42.7 Å². The fourth-order valence-electron chi connectivity index (χ4n) is 1.88. The lowest BCUT2D eigenvalue weighted by atomic mass is 10.2. The molecular formula is C17H27N3O2. The summed E-state index contributed by atoms with van der Waals surface area (Å²) in [7, 11) is 1.64. The lowest BCUT2D eigenvalue weighted by molar-refractivity contribution is 0.311. The number of methoxy groups -OCH3 is 1. The number of ether oxygens (including phenoxy) is 2. The number of anilines is 1. The molecule has 0 radical (unpaired) electrons. The summed E-state index contributed by atoms with van der Waals surface area (Å²) < 4.78 is 10.9. The highest BCUT2D eigenvalue weighted by molar-refractivity contribution is 5.93. The molecule has 0 amide bonds. The largest absolute Gasteiger partial charge is 0.493 e. The van der Waals surface area contributed by atoms with Gasteiger partial charge in [-0.05, 0) is 39.3 Å². The van der Waals surface area contributed by atoms with Crippen molar-refractivity contribution in [3.05, 3.63) is 30.4 Å². The number of rotatable bonds is 8. The molecule has 0 aliphatic heterocycles. The van der Waals surface area contributed by atoms with E-state index in [0.29, 0.717) is 6.61 Å². The summed E-state index contributed by atoms with van der Waals surface area (Å²) in [5.41, 5.74) is 0.912. The lowest BCUT2D eigenvalue weighted by Crippen LogP contribution is -2.30. The van der Waals surface area contributed by atoms with Gasteiger partial charge in [-0.15, -0.1) is 0 Å². The van der Waals surface area contributed by atoms with Gasteiger partial charge in [-0.2, -0.15) is 0 Å². The number of aliphatic imine (C=N–C) groups is 1. The summed E-state index contributed by atoms with van der Waals surface area (Å²) >= 11 is 0. The Kier molecular flexibility index (Phi) is 8.57. The van der Waals surface area contributed by atoms with E-state index in [1.54, 1.807) is 7.11 Å². The predicted octanol–water partition coefficient (Wildman–Crippen LogP) is 3.44. The highest BCUT2D eigenvalue weighted by Crippen LogP contribution is 2.30. The molecule has 5 heteroatoms. The molecule has 0 saturated heterocycles. The van der Waals surface area contributed by atoms with Crippen LogP contribution in [0.4, 0.5) is 5.69 Å². The van der Waals surface area contributed by atoms with E-state index in [1.807, 2.05) is 45.0 Å². The van der Waals surface area contributed by atoms with Crippen molar-refractivity contribution >= 4 is 11.6 Å². The third kappa shape index (κ3) is 6.08. The molecule has 0 fully saturated rings. The maximum absolute atomic E-state index is 5.59. The monoisotopic (exact) mass is 305 g/mol. The minimum Gasteiger partial charge on any atom is -0.493 e. The molecule has 0 spiro atoms. The lowest BCUT2D eigenvalue weighted by Gasteiger charge is -2.14. The van der Waals surface area contributed by atoms with Gasteiger partial charge in [0.05, 0.1) is 13.7 Å². The summed E-state index contributed by atoms with van der Waals surface area (Å²) in [6.45, 7) is 8.16. The maximum atomic E-state index is 5.59. The molecule has 122 valence electrons. The zero-order valence-corrected chi connectivity index (χ0v) is 14.0. The first-order valence-corrected chi connectivity index (χ1v) is 7.72. The van der Waals surface area contributed by atoms with Crippen LogP contribution in [-0.2, 0) is 0 Å². The second-order valence-electron chi connectivity index (χ2n) is 4.54. The van der Waals surface area contributed by atoms with E-state index in [2.05, 4.69) is 21.7 Å². The van der Waals surface area contributed by atoms with E-state index < -0.39 is 0 Å². The molecule has 5 nitrogen and oxygen atoms in total. The molecule has 1 rings (SSSR count). The Morgan fingerprint density at radius 1 is 1.27 bits per heavy atom. The molecule has 2 N–H and O–H groups in total. The van der Waals surface area contributed by atoms with Crippen molar-refractivity contribution in [3.63, 3.8) is 0 Å². The van der Waals surface area contributed by atoms with Crippen molar-refractivity contribution in [3.8, 4) is 11.5 Å². The molecule has 0 aliphatic carbocycles.